The number of hydrogen-bond donors (Lipinski definition) is 0. The molecule has 10 aromatic rings. The van der Waals surface area contributed by atoms with Gasteiger partial charge in [0.25, 0.3) is 0 Å². The van der Waals surface area contributed by atoms with Crippen molar-refractivity contribution in [3.63, 3.8) is 0 Å². The Morgan fingerprint density at radius 3 is 0.550 bits per heavy atom. The zero-order valence-electron chi connectivity index (χ0n) is 36.6. The Hall–Kier alpha value is -5.40. The number of fused-ring (bicyclic) bond motifs is 12. The number of hydrogen-bond acceptors (Lipinski definition) is 0. The van der Waals surface area contributed by atoms with Crippen molar-refractivity contribution in [2.24, 2.45) is 0 Å². The Balaban J connectivity index is -0.000000106. The molecule has 0 unspecified atom stereocenters. The van der Waals surface area contributed by atoms with Gasteiger partial charge in [0.15, 0.2) is 0 Å². The second-order valence-electron chi connectivity index (χ2n) is 10.1. The minimum Gasteiger partial charge on any atom is -0.412 e. The van der Waals surface area contributed by atoms with Crippen molar-refractivity contribution >= 4 is 76.2 Å². The Labute approximate surface area is 359 Å². The van der Waals surface area contributed by atoms with Gasteiger partial charge in [-0.15, -0.1) is 0 Å². The molecule has 10 rings (SSSR count). The van der Waals surface area contributed by atoms with Crippen molar-refractivity contribution in [1.29, 1.82) is 0 Å². The van der Waals surface area contributed by atoms with Crippen LogP contribution in [0, 0.1) is 0 Å². The Bertz CT molecular complexity index is 2150. The fourth-order valence-corrected chi connectivity index (χ4v) is 6.77. The fourth-order valence-electron chi connectivity index (χ4n) is 6.77. The lowest BCUT2D eigenvalue weighted by Crippen LogP contribution is -1.78. The average molecular weight is 839 g/mol. The van der Waals surface area contributed by atoms with Gasteiger partial charge in [-0.05, 0) is 24.3 Å². The van der Waals surface area contributed by atoms with Gasteiger partial charge in [0.05, 0.1) is 33.1 Å². The van der Waals surface area contributed by atoms with Crippen LogP contribution in [0.1, 0.15) is 97.9 Å². The van der Waals surface area contributed by atoms with Crippen molar-refractivity contribution in [3.8, 4) is 0 Å². The van der Waals surface area contributed by atoms with Crippen LogP contribution in [0.3, 0.4) is 0 Å². The first-order valence-corrected chi connectivity index (χ1v) is 19.1. The minimum absolute atomic E-state index is 0. The van der Waals surface area contributed by atoms with Gasteiger partial charge >= 0.3 is 0 Å². The lowest BCUT2D eigenvalue weighted by atomic mass is 10.1. The van der Waals surface area contributed by atoms with Crippen molar-refractivity contribution in [1.82, 2.24) is 8.80 Å². The fraction of sp³-hybridized carbons (Fsp3) is 0.280. The highest BCUT2D eigenvalue weighted by atomic mass is 16.0. The average Bonchev–Trinajstić information content (AvgIpc) is 3.97. The van der Waals surface area contributed by atoms with E-state index in [0.29, 0.717) is 0 Å². The third-order valence-electron chi connectivity index (χ3n) is 8.26. The van der Waals surface area contributed by atoms with E-state index < -0.39 is 0 Å². The van der Waals surface area contributed by atoms with Gasteiger partial charge in [0, 0.05) is 43.1 Å². The molecule has 0 amide bonds. The lowest BCUT2D eigenvalue weighted by Gasteiger charge is -1.95. The summed E-state index contributed by atoms with van der Waals surface area (Å²) in [5, 5.41) is 10.8. The monoisotopic (exact) mass is 839 g/mol. The predicted octanol–water partition coefficient (Wildman–Crippen LogP) is 10.5. The second kappa shape index (κ2) is 35.5. The highest BCUT2D eigenvalue weighted by Crippen LogP contribution is 2.39. The van der Waals surface area contributed by atoms with Gasteiger partial charge in [-0.1, -0.05) is 207 Å². The summed E-state index contributed by atoms with van der Waals surface area (Å²) in [5.74, 6) is 0. The van der Waals surface area contributed by atoms with Crippen LogP contribution in [0.2, 0.25) is 0 Å². The summed E-state index contributed by atoms with van der Waals surface area (Å²) in [7, 11) is 0. The molecule has 0 aliphatic rings. The molecule has 16 N–H and O–H groups in total. The molecule has 0 radical (unpaired) electrons. The first-order chi connectivity index (χ1) is 24.9. The molecule has 6 aromatic carbocycles. The molecule has 10 heteroatoms. The van der Waals surface area contributed by atoms with Gasteiger partial charge in [-0.25, -0.2) is 0 Å². The molecule has 4 aromatic heterocycles. The molecule has 0 saturated carbocycles. The van der Waals surface area contributed by atoms with E-state index in [2.05, 4.69) is 142 Å². The molecule has 10 nitrogen and oxygen atoms in total. The van der Waals surface area contributed by atoms with E-state index in [4.69, 9.17) is 0 Å². The molecular formula is C50H82N2O8. The van der Waals surface area contributed by atoms with E-state index in [-0.39, 0.29) is 58.7 Å². The van der Waals surface area contributed by atoms with Crippen LogP contribution < -0.4 is 0 Å². The van der Waals surface area contributed by atoms with E-state index in [1.807, 2.05) is 83.1 Å². The number of nitrogens with zero attached hydrogens (tertiary/aromatic N) is 2. The van der Waals surface area contributed by atoms with E-state index in [9.17, 15) is 0 Å². The van der Waals surface area contributed by atoms with Crippen LogP contribution in [-0.2, 0) is 0 Å². The van der Waals surface area contributed by atoms with Crippen LogP contribution in [0.15, 0.2) is 133 Å². The highest BCUT2D eigenvalue weighted by molar-refractivity contribution is 6.24. The maximum Gasteiger partial charge on any atom is 0.0620 e. The maximum atomic E-state index is 2.40. The summed E-state index contributed by atoms with van der Waals surface area (Å²) in [5.41, 5.74) is 7.91. The van der Waals surface area contributed by atoms with Gasteiger partial charge in [-0.3, -0.25) is 0 Å². The molecule has 0 aliphatic heterocycles. The largest absolute Gasteiger partial charge is 0.412 e. The molecule has 4 heterocycles. The van der Waals surface area contributed by atoms with Gasteiger partial charge < -0.3 is 52.6 Å². The number of benzene rings is 6. The van der Waals surface area contributed by atoms with Crippen LogP contribution in [0.25, 0.3) is 76.2 Å². The number of para-hydroxylation sites is 6. The topological polar surface area (TPSA) is 261 Å². The Kier molecular flexibility index (Phi) is 42.8. The first kappa shape index (κ1) is 72.2. The molecule has 60 heavy (non-hydrogen) atoms. The molecule has 0 spiro atoms. The van der Waals surface area contributed by atoms with Gasteiger partial charge in [0.2, 0.25) is 0 Å². The van der Waals surface area contributed by atoms with Crippen LogP contribution in [0.4, 0.5) is 0 Å². The Morgan fingerprint density at radius 2 is 0.367 bits per heavy atom. The summed E-state index contributed by atoms with van der Waals surface area (Å²) in [6.07, 6.45) is 0. The quantitative estimate of drug-likeness (QED) is 0.138. The van der Waals surface area contributed by atoms with Crippen molar-refractivity contribution in [2.45, 2.75) is 97.9 Å². The smallest absolute Gasteiger partial charge is 0.0620 e. The summed E-state index contributed by atoms with van der Waals surface area (Å²) >= 11 is 0. The van der Waals surface area contributed by atoms with Crippen molar-refractivity contribution in [2.75, 3.05) is 0 Å². The van der Waals surface area contributed by atoms with E-state index in [0.717, 1.165) is 0 Å². The van der Waals surface area contributed by atoms with E-state index >= 15 is 0 Å². The second-order valence-corrected chi connectivity index (χ2v) is 10.1. The lowest BCUT2D eigenvalue weighted by molar-refractivity contribution is 0.823. The number of rotatable bonds is 0. The first-order valence-electron chi connectivity index (χ1n) is 19.1. The molecule has 340 valence electrons. The summed E-state index contributed by atoms with van der Waals surface area (Å²) in [6, 6.07) is 47.9. The zero-order chi connectivity index (χ0) is 36.8. The van der Waals surface area contributed by atoms with E-state index in [1.54, 1.807) is 0 Å². The van der Waals surface area contributed by atoms with Gasteiger partial charge in [-0.2, -0.15) is 0 Å². The third kappa shape index (κ3) is 12.3. The van der Waals surface area contributed by atoms with Gasteiger partial charge in [0.1, 0.15) is 0 Å². The zero-order valence-corrected chi connectivity index (χ0v) is 36.6. The van der Waals surface area contributed by atoms with Crippen molar-refractivity contribution < 1.29 is 43.8 Å². The molecule has 0 fully saturated rings. The molecule has 0 aliphatic carbocycles. The van der Waals surface area contributed by atoms with Crippen LogP contribution in [-0.4, -0.2) is 52.6 Å². The maximum absolute atomic E-state index is 2.40. The number of aromatic nitrogens is 2. The standard InChI is InChI=1S/2C18H11N.6C2H6.2CH4.8H2O/c2*1-3-10-16-12(6-1)14-8-5-9-15-13-7-2-4-11-17(13)19(16)18(14)15;6*1-2;;;;;;;;;;/h2*1-11H;6*1-2H3;2*1H4;8*1H2. The highest BCUT2D eigenvalue weighted by Gasteiger charge is 2.17. The van der Waals surface area contributed by atoms with Crippen LogP contribution in [0.5, 0.6) is 0 Å². The van der Waals surface area contributed by atoms with Crippen molar-refractivity contribution in [3.05, 3.63) is 133 Å². The molecular weight excluding hydrogens is 757 g/mol. The summed E-state index contributed by atoms with van der Waals surface area (Å²) in [4.78, 5) is 0. The van der Waals surface area contributed by atoms with E-state index in [1.165, 1.54) is 76.2 Å². The van der Waals surface area contributed by atoms with Crippen LogP contribution >= 0.6 is 0 Å². The third-order valence-corrected chi connectivity index (χ3v) is 8.26. The SMILES string of the molecule is C.C.CC.CC.CC.CC.CC.CC.O.O.O.O.O.O.O.O.c1ccc2c(c1)c1cccc3c4ccccc4n2c13.c1ccc2c(c1)c1cccc3c4ccccc4n2c13. The minimum atomic E-state index is 0. The normalized spacial score (nSPS) is 8.33. The summed E-state index contributed by atoms with van der Waals surface area (Å²) in [6.45, 7) is 24.0. The Morgan fingerprint density at radius 1 is 0.217 bits per heavy atom. The molecule has 0 saturated heterocycles. The summed E-state index contributed by atoms with van der Waals surface area (Å²) < 4.78 is 4.80. The predicted molar refractivity (Wildman–Crippen MR) is 273 cm³/mol. The molecule has 0 bridgehead atoms. The molecule has 0 atom stereocenters.